The Labute approximate surface area is 169 Å². The lowest BCUT2D eigenvalue weighted by atomic mass is 9.98. The van der Waals surface area contributed by atoms with E-state index < -0.39 is 42.6 Å². The van der Waals surface area contributed by atoms with Gasteiger partial charge in [-0.25, -0.2) is 4.79 Å². The van der Waals surface area contributed by atoms with Crippen molar-refractivity contribution >= 4 is 11.9 Å². The smallest absolute Gasteiger partial charge is 0.338 e. The molecular formula is C22H24O7. The van der Waals surface area contributed by atoms with Gasteiger partial charge in [0.05, 0.1) is 18.3 Å². The van der Waals surface area contributed by atoms with Gasteiger partial charge < -0.3 is 24.1 Å². The van der Waals surface area contributed by atoms with Gasteiger partial charge in [0.25, 0.3) is 0 Å². The van der Waals surface area contributed by atoms with Crippen LogP contribution in [0.15, 0.2) is 60.7 Å². The first-order valence-electron chi connectivity index (χ1n) is 9.38. The van der Waals surface area contributed by atoms with Gasteiger partial charge >= 0.3 is 11.9 Å². The lowest BCUT2D eigenvalue weighted by Crippen LogP contribution is -2.60. The Morgan fingerprint density at radius 3 is 2.17 bits per heavy atom. The molecule has 1 N–H and O–H groups in total. The van der Waals surface area contributed by atoms with Crippen molar-refractivity contribution in [3.8, 4) is 0 Å². The Bertz CT molecular complexity index is 808. The van der Waals surface area contributed by atoms with E-state index in [1.807, 2.05) is 30.3 Å². The standard InChI is InChI=1S/C22H24O7/c1-14-18(29-21(24)17-11-7-4-8-12-17)19(28-15(2)23)20(22(25)27-14)26-13-16-9-5-3-6-10-16/h3-12,14,18-20,22,25H,13H2,1-2H3/t14-,18+,19+,20-,22+/m0/s1. The van der Waals surface area contributed by atoms with Gasteiger partial charge in [-0.2, -0.15) is 0 Å². The van der Waals surface area contributed by atoms with Gasteiger partial charge in [0.1, 0.15) is 6.10 Å². The number of ether oxygens (including phenoxy) is 4. The van der Waals surface area contributed by atoms with Crippen LogP contribution in [0.4, 0.5) is 0 Å². The third-order valence-electron chi connectivity index (χ3n) is 4.59. The summed E-state index contributed by atoms with van der Waals surface area (Å²) in [6, 6.07) is 17.8. The van der Waals surface area contributed by atoms with Crippen molar-refractivity contribution in [3.63, 3.8) is 0 Å². The van der Waals surface area contributed by atoms with Crippen LogP contribution in [0.1, 0.15) is 29.8 Å². The highest BCUT2D eigenvalue weighted by atomic mass is 16.7. The highest BCUT2D eigenvalue weighted by molar-refractivity contribution is 5.89. The second kappa shape index (κ2) is 9.65. The van der Waals surface area contributed by atoms with Crippen LogP contribution in [0.5, 0.6) is 0 Å². The van der Waals surface area contributed by atoms with Crippen LogP contribution in [0.25, 0.3) is 0 Å². The molecule has 0 bridgehead atoms. The van der Waals surface area contributed by atoms with Crippen molar-refractivity contribution in [1.29, 1.82) is 0 Å². The molecule has 0 aromatic heterocycles. The second-order valence-corrected chi connectivity index (χ2v) is 6.80. The van der Waals surface area contributed by atoms with Crippen LogP contribution in [0, 0.1) is 0 Å². The highest BCUT2D eigenvalue weighted by Crippen LogP contribution is 2.28. The zero-order valence-electron chi connectivity index (χ0n) is 16.3. The van der Waals surface area contributed by atoms with Gasteiger partial charge in [-0.3, -0.25) is 4.79 Å². The predicted octanol–water partition coefficient (Wildman–Crippen LogP) is 2.47. The van der Waals surface area contributed by atoms with Crippen molar-refractivity contribution in [1.82, 2.24) is 0 Å². The number of hydrogen-bond donors (Lipinski definition) is 1. The molecule has 0 saturated carbocycles. The summed E-state index contributed by atoms with van der Waals surface area (Å²) < 4.78 is 22.3. The molecule has 1 aliphatic rings. The molecule has 0 amide bonds. The molecule has 0 unspecified atom stereocenters. The van der Waals surface area contributed by atoms with Crippen LogP contribution < -0.4 is 0 Å². The molecule has 7 nitrogen and oxygen atoms in total. The fraction of sp³-hybridized carbons (Fsp3) is 0.364. The van der Waals surface area contributed by atoms with Gasteiger partial charge in [-0.1, -0.05) is 48.5 Å². The Morgan fingerprint density at radius 2 is 1.55 bits per heavy atom. The van der Waals surface area contributed by atoms with Crippen molar-refractivity contribution in [2.45, 2.75) is 51.2 Å². The lowest BCUT2D eigenvalue weighted by molar-refractivity contribution is -0.292. The molecule has 1 heterocycles. The number of hydrogen-bond acceptors (Lipinski definition) is 7. The molecule has 1 fully saturated rings. The summed E-state index contributed by atoms with van der Waals surface area (Å²) in [7, 11) is 0. The van der Waals surface area contributed by atoms with E-state index in [1.165, 1.54) is 6.92 Å². The molecule has 5 atom stereocenters. The molecule has 1 aliphatic heterocycles. The monoisotopic (exact) mass is 400 g/mol. The molecule has 0 radical (unpaired) electrons. The quantitative estimate of drug-likeness (QED) is 0.745. The average Bonchev–Trinajstić information content (AvgIpc) is 2.71. The van der Waals surface area contributed by atoms with Crippen LogP contribution >= 0.6 is 0 Å². The number of carbonyl (C=O) groups is 2. The number of esters is 2. The maximum Gasteiger partial charge on any atom is 0.338 e. The topological polar surface area (TPSA) is 91.3 Å². The summed E-state index contributed by atoms with van der Waals surface area (Å²) in [5.41, 5.74) is 1.23. The molecule has 0 spiro atoms. The molecule has 1 saturated heterocycles. The van der Waals surface area contributed by atoms with Gasteiger partial charge in [0.15, 0.2) is 18.5 Å². The number of aliphatic hydroxyl groups is 1. The molecule has 29 heavy (non-hydrogen) atoms. The Balaban J connectivity index is 1.79. The predicted molar refractivity (Wildman–Crippen MR) is 103 cm³/mol. The molecule has 0 aliphatic carbocycles. The van der Waals surface area contributed by atoms with Crippen molar-refractivity contribution in [3.05, 3.63) is 71.8 Å². The zero-order chi connectivity index (χ0) is 20.8. The van der Waals surface area contributed by atoms with E-state index in [4.69, 9.17) is 18.9 Å². The van der Waals surface area contributed by atoms with Crippen molar-refractivity contribution in [2.24, 2.45) is 0 Å². The van der Waals surface area contributed by atoms with Crippen LogP contribution in [-0.4, -0.2) is 47.8 Å². The second-order valence-electron chi connectivity index (χ2n) is 6.80. The van der Waals surface area contributed by atoms with E-state index in [0.717, 1.165) is 5.56 Å². The fourth-order valence-corrected chi connectivity index (χ4v) is 3.19. The molecule has 2 aromatic rings. The summed E-state index contributed by atoms with van der Waals surface area (Å²) in [6.45, 7) is 3.05. The number of benzene rings is 2. The maximum absolute atomic E-state index is 12.5. The minimum Gasteiger partial charge on any atom is -0.455 e. The zero-order valence-corrected chi connectivity index (χ0v) is 16.3. The molecule has 154 valence electrons. The summed E-state index contributed by atoms with van der Waals surface area (Å²) in [5.74, 6) is -1.16. The van der Waals surface area contributed by atoms with Crippen LogP contribution in [0.2, 0.25) is 0 Å². The minimum absolute atomic E-state index is 0.164. The molecule has 3 rings (SSSR count). The van der Waals surface area contributed by atoms with Gasteiger partial charge in [0.2, 0.25) is 0 Å². The van der Waals surface area contributed by atoms with E-state index >= 15 is 0 Å². The molecular weight excluding hydrogens is 376 g/mol. The Morgan fingerprint density at radius 1 is 0.931 bits per heavy atom. The number of rotatable bonds is 6. The third kappa shape index (κ3) is 5.41. The Hall–Kier alpha value is -2.74. The van der Waals surface area contributed by atoms with E-state index in [9.17, 15) is 14.7 Å². The van der Waals surface area contributed by atoms with Crippen LogP contribution in [-0.2, 0) is 30.3 Å². The largest absolute Gasteiger partial charge is 0.455 e. The summed E-state index contributed by atoms with van der Waals surface area (Å²) in [4.78, 5) is 24.2. The first-order chi connectivity index (χ1) is 14.0. The summed E-state index contributed by atoms with van der Waals surface area (Å²) in [5, 5.41) is 10.4. The lowest BCUT2D eigenvalue weighted by Gasteiger charge is -2.42. The molecule has 7 heteroatoms. The maximum atomic E-state index is 12.5. The summed E-state index contributed by atoms with van der Waals surface area (Å²) >= 11 is 0. The number of carbonyl (C=O) groups excluding carboxylic acids is 2. The van der Waals surface area contributed by atoms with E-state index in [1.54, 1.807) is 37.3 Å². The summed E-state index contributed by atoms with van der Waals surface area (Å²) in [6.07, 6.45) is -5.05. The third-order valence-corrected chi connectivity index (χ3v) is 4.59. The normalized spacial score (nSPS) is 26.5. The van der Waals surface area contributed by atoms with Gasteiger partial charge in [0, 0.05) is 6.92 Å². The first kappa shape index (κ1) is 21.0. The Kier molecular flexibility index (Phi) is 6.98. The van der Waals surface area contributed by atoms with Crippen molar-refractivity contribution < 1.29 is 33.6 Å². The molecule has 2 aromatic carbocycles. The average molecular weight is 400 g/mol. The minimum atomic E-state index is -1.34. The SMILES string of the molecule is CC(=O)O[C@@H]1[C@H](OC(=O)c2ccccc2)[C@H](C)O[C@@H](O)[C@H]1OCc1ccccc1. The highest BCUT2D eigenvalue weighted by Gasteiger charge is 2.49. The van der Waals surface area contributed by atoms with Gasteiger partial charge in [-0.15, -0.1) is 0 Å². The van der Waals surface area contributed by atoms with Gasteiger partial charge in [-0.05, 0) is 24.6 Å². The van der Waals surface area contributed by atoms with E-state index in [0.29, 0.717) is 5.56 Å². The van der Waals surface area contributed by atoms with E-state index in [2.05, 4.69) is 0 Å². The fourth-order valence-electron chi connectivity index (χ4n) is 3.19. The van der Waals surface area contributed by atoms with Crippen molar-refractivity contribution in [2.75, 3.05) is 0 Å². The number of aliphatic hydroxyl groups excluding tert-OH is 1. The van der Waals surface area contributed by atoms with Crippen LogP contribution in [0.3, 0.4) is 0 Å². The van der Waals surface area contributed by atoms with E-state index in [-0.39, 0.29) is 6.61 Å². The first-order valence-corrected chi connectivity index (χ1v) is 9.38.